The van der Waals surface area contributed by atoms with Gasteiger partial charge in [-0.3, -0.25) is 9.98 Å². The zero-order chi connectivity index (χ0) is 32.8. The third-order valence-electron chi connectivity index (χ3n) is 8.49. The standard InChI is InChI=1S/C44H64N2.Pd/c1-4-7-10-13-16-18-20-22-25-32-40-34-28-30-37-43(40)45-39-42(36-27-24-15-12-9-6-3)46-44-38-31-29-35-41(44)33-26-23-21-19-17-14-11-8-5-2;/h28-31,34-35,37-39H,4-19,24-27,32-33,36H2,1-3H3;/b45-39+,46-42-;. The molecule has 2 rings (SSSR count). The number of aliphatic imine (C=N–C) groups is 2. The molecule has 260 valence electrons. The van der Waals surface area contributed by atoms with Crippen LogP contribution in [0.5, 0.6) is 0 Å². The summed E-state index contributed by atoms with van der Waals surface area (Å²) in [5.74, 6) is 13.6. The van der Waals surface area contributed by atoms with E-state index in [9.17, 15) is 0 Å². The molecule has 2 nitrogen and oxygen atoms in total. The van der Waals surface area contributed by atoms with Gasteiger partial charge in [-0.25, -0.2) is 0 Å². The number of benzene rings is 2. The Hall–Kier alpha value is -2.44. The predicted molar refractivity (Wildman–Crippen MR) is 205 cm³/mol. The number of hydrogen-bond donors (Lipinski definition) is 0. The Bertz CT molecular complexity index is 1240. The van der Waals surface area contributed by atoms with E-state index in [0.29, 0.717) is 0 Å². The Morgan fingerprint density at radius 1 is 0.511 bits per heavy atom. The normalized spacial score (nSPS) is 11.1. The fourth-order valence-electron chi connectivity index (χ4n) is 5.60. The van der Waals surface area contributed by atoms with E-state index in [4.69, 9.17) is 9.98 Å². The van der Waals surface area contributed by atoms with Crippen LogP contribution in [0.2, 0.25) is 0 Å². The van der Waals surface area contributed by atoms with E-state index in [1.54, 1.807) is 0 Å². The SMILES string of the molecule is CCCCCCCC#CCCc1ccccc1/N=C(\C=N\c1ccccc1CCC#CCCCCCCC)CCCCCCCC.[Pd]. The van der Waals surface area contributed by atoms with Gasteiger partial charge in [0.1, 0.15) is 0 Å². The second kappa shape index (κ2) is 30.9. The molecular weight excluding hydrogens is 663 g/mol. The molecule has 0 saturated heterocycles. The summed E-state index contributed by atoms with van der Waals surface area (Å²) in [7, 11) is 0. The van der Waals surface area contributed by atoms with Crippen LogP contribution in [0, 0.1) is 23.7 Å². The van der Waals surface area contributed by atoms with Crippen LogP contribution >= 0.6 is 0 Å². The number of rotatable bonds is 24. The maximum atomic E-state index is 5.21. The summed E-state index contributed by atoms with van der Waals surface area (Å²) in [4.78, 5) is 10.2. The van der Waals surface area contributed by atoms with Crippen molar-refractivity contribution in [3.8, 4) is 23.7 Å². The number of aryl methyl sites for hydroxylation is 2. The van der Waals surface area contributed by atoms with Gasteiger partial charge in [0.25, 0.3) is 0 Å². The molecule has 0 bridgehead atoms. The first-order valence-electron chi connectivity index (χ1n) is 19.0. The maximum absolute atomic E-state index is 5.21. The molecule has 0 aromatic heterocycles. The van der Waals surface area contributed by atoms with Crippen molar-refractivity contribution in [2.45, 2.75) is 168 Å². The van der Waals surface area contributed by atoms with Gasteiger partial charge in [-0.15, -0.1) is 23.7 Å². The number of para-hydroxylation sites is 2. The smallest absolute Gasteiger partial charge is 0.0665 e. The average Bonchev–Trinajstić information content (AvgIpc) is 3.08. The summed E-state index contributed by atoms with van der Waals surface area (Å²) in [5.41, 5.74) is 5.71. The molecule has 2 aromatic rings. The minimum Gasteiger partial charge on any atom is -0.255 e. The van der Waals surface area contributed by atoms with Crippen molar-refractivity contribution in [1.82, 2.24) is 0 Å². The first-order valence-corrected chi connectivity index (χ1v) is 19.0. The van der Waals surface area contributed by atoms with E-state index in [1.807, 2.05) is 6.21 Å². The van der Waals surface area contributed by atoms with Crippen LogP contribution in [0.3, 0.4) is 0 Å². The molecule has 3 heteroatoms. The molecule has 2 aromatic carbocycles. The average molecular weight is 727 g/mol. The van der Waals surface area contributed by atoms with Crippen LogP contribution in [0.1, 0.15) is 167 Å². The zero-order valence-electron chi connectivity index (χ0n) is 30.2. The molecule has 0 N–H and O–H groups in total. The molecule has 0 aliphatic rings. The van der Waals surface area contributed by atoms with E-state index in [-0.39, 0.29) is 20.4 Å². The second-order valence-corrected chi connectivity index (χ2v) is 12.7. The van der Waals surface area contributed by atoms with Crippen LogP contribution in [0.15, 0.2) is 58.5 Å². The van der Waals surface area contributed by atoms with Crippen molar-refractivity contribution in [3.05, 3.63) is 59.7 Å². The minimum atomic E-state index is 0. The van der Waals surface area contributed by atoms with Gasteiger partial charge in [0.05, 0.1) is 17.1 Å². The monoisotopic (exact) mass is 726 g/mol. The van der Waals surface area contributed by atoms with Crippen LogP contribution in [0.25, 0.3) is 0 Å². The third kappa shape index (κ3) is 21.9. The second-order valence-electron chi connectivity index (χ2n) is 12.7. The van der Waals surface area contributed by atoms with Crippen LogP contribution in [-0.4, -0.2) is 11.9 Å². The molecule has 0 saturated carbocycles. The zero-order valence-corrected chi connectivity index (χ0v) is 31.7. The van der Waals surface area contributed by atoms with E-state index in [1.165, 1.54) is 107 Å². The predicted octanol–water partition coefficient (Wildman–Crippen LogP) is 13.5. The Balaban J connectivity index is 0.0000110. The topological polar surface area (TPSA) is 24.7 Å². The molecule has 0 aliphatic heterocycles. The summed E-state index contributed by atoms with van der Waals surface area (Å²) in [5, 5.41) is 0. The van der Waals surface area contributed by atoms with Gasteiger partial charge >= 0.3 is 0 Å². The van der Waals surface area contributed by atoms with E-state index in [0.717, 1.165) is 68.5 Å². The van der Waals surface area contributed by atoms with Gasteiger partial charge in [-0.2, -0.15) is 0 Å². The number of hydrogen-bond acceptors (Lipinski definition) is 2. The molecule has 0 atom stereocenters. The molecule has 0 fully saturated rings. The Morgan fingerprint density at radius 2 is 0.936 bits per heavy atom. The Morgan fingerprint density at radius 3 is 1.49 bits per heavy atom. The molecule has 0 heterocycles. The van der Waals surface area contributed by atoms with Crippen LogP contribution in [0.4, 0.5) is 11.4 Å². The van der Waals surface area contributed by atoms with Gasteiger partial charge in [0, 0.05) is 52.3 Å². The number of unbranched alkanes of at least 4 members (excludes halogenated alkanes) is 15. The molecule has 0 amide bonds. The fourth-order valence-corrected chi connectivity index (χ4v) is 5.60. The summed E-state index contributed by atoms with van der Waals surface area (Å²) in [6, 6.07) is 17.1. The van der Waals surface area contributed by atoms with E-state index < -0.39 is 0 Å². The largest absolute Gasteiger partial charge is 0.255 e. The molecular formula is C44H64N2Pd. The molecule has 0 unspecified atom stereocenters. The van der Waals surface area contributed by atoms with E-state index >= 15 is 0 Å². The molecule has 47 heavy (non-hydrogen) atoms. The van der Waals surface area contributed by atoms with Crippen molar-refractivity contribution in [1.29, 1.82) is 0 Å². The first kappa shape index (κ1) is 42.6. The Labute approximate surface area is 304 Å². The minimum absolute atomic E-state index is 0. The van der Waals surface area contributed by atoms with Crippen molar-refractivity contribution in [2.75, 3.05) is 0 Å². The van der Waals surface area contributed by atoms with Crippen molar-refractivity contribution < 1.29 is 20.4 Å². The Kier molecular flexibility index (Phi) is 28.0. The summed E-state index contributed by atoms with van der Waals surface area (Å²) >= 11 is 0. The molecule has 0 radical (unpaired) electrons. The quantitative estimate of drug-likeness (QED) is 0.0445. The van der Waals surface area contributed by atoms with Gasteiger partial charge in [0.15, 0.2) is 0 Å². The fraction of sp³-hybridized carbons (Fsp3) is 0.591. The summed E-state index contributed by atoms with van der Waals surface area (Å²) in [6.07, 6.45) is 29.3. The van der Waals surface area contributed by atoms with Crippen LogP contribution in [-0.2, 0) is 33.3 Å². The van der Waals surface area contributed by atoms with Gasteiger partial charge < -0.3 is 0 Å². The molecule has 0 spiro atoms. The number of nitrogens with zero attached hydrogens (tertiary/aromatic N) is 2. The van der Waals surface area contributed by atoms with Gasteiger partial charge in [-0.1, -0.05) is 141 Å². The first-order chi connectivity index (χ1) is 22.8. The molecule has 0 aliphatic carbocycles. The van der Waals surface area contributed by atoms with Crippen LogP contribution < -0.4 is 0 Å². The van der Waals surface area contributed by atoms with Gasteiger partial charge in [-0.05, 0) is 61.8 Å². The summed E-state index contributed by atoms with van der Waals surface area (Å²) in [6.45, 7) is 6.81. The van der Waals surface area contributed by atoms with Crippen molar-refractivity contribution >= 4 is 23.3 Å². The van der Waals surface area contributed by atoms with Gasteiger partial charge in [0.2, 0.25) is 0 Å². The van der Waals surface area contributed by atoms with Crippen molar-refractivity contribution in [2.24, 2.45) is 9.98 Å². The summed E-state index contributed by atoms with van der Waals surface area (Å²) < 4.78 is 0. The maximum Gasteiger partial charge on any atom is 0.0665 e. The van der Waals surface area contributed by atoms with Crippen molar-refractivity contribution in [3.63, 3.8) is 0 Å². The third-order valence-corrected chi connectivity index (χ3v) is 8.49. The van der Waals surface area contributed by atoms with E-state index in [2.05, 4.69) is 93.0 Å².